The molecule has 0 unspecified atom stereocenters. The zero-order valence-corrected chi connectivity index (χ0v) is 19.7. The zero-order valence-electron chi connectivity index (χ0n) is 19.7. The first-order valence-electron chi connectivity index (χ1n) is 11.9. The van der Waals surface area contributed by atoms with Crippen molar-refractivity contribution >= 4 is 17.9 Å². The van der Waals surface area contributed by atoms with Gasteiger partial charge in [-0.2, -0.15) is 0 Å². The highest BCUT2D eigenvalue weighted by molar-refractivity contribution is 5.99. The number of nitrogens with one attached hydrogen (secondary N) is 3. The standard InChI is InChI=1S/C24H36N4O5/c1-3-32-17-18-5-7-19(8-6-18)21(29)27-24(11-13-25-14-12-24)22(30)26-20-9-15-28(16-10-20)23(31)33-4-2/h5-8,20,25H,3-4,9-17H2,1-2H3,(H,26,30)(H,27,29). The Morgan fingerprint density at radius 2 is 1.73 bits per heavy atom. The minimum Gasteiger partial charge on any atom is -0.450 e. The summed E-state index contributed by atoms with van der Waals surface area (Å²) in [6, 6.07) is 7.24. The van der Waals surface area contributed by atoms with Crippen LogP contribution in [0.3, 0.4) is 0 Å². The molecule has 2 fully saturated rings. The maximum Gasteiger partial charge on any atom is 0.409 e. The Balaban J connectivity index is 1.60. The highest BCUT2D eigenvalue weighted by atomic mass is 16.6. The third-order valence-corrected chi connectivity index (χ3v) is 6.29. The van der Waals surface area contributed by atoms with Gasteiger partial charge in [-0.1, -0.05) is 12.1 Å². The van der Waals surface area contributed by atoms with Crippen molar-refractivity contribution in [1.29, 1.82) is 0 Å². The minimum atomic E-state index is -0.954. The Bertz CT molecular complexity index is 800. The maximum absolute atomic E-state index is 13.4. The molecule has 3 rings (SSSR count). The lowest BCUT2D eigenvalue weighted by molar-refractivity contribution is -0.129. The number of amides is 3. The van der Waals surface area contributed by atoms with Gasteiger partial charge in [-0.3, -0.25) is 9.59 Å². The number of rotatable bonds is 8. The highest BCUT2D eigenvalue weighted by Gasteiger charge is 2.42. The van der Waals surface area contributed by atoms with E-state index in [1.165, 1.54) is 0 Å². The lowest BCUT2D eigenvalue weighted by Gasteiger charge is -2.39. The molecule has 1 aromatic carbocycles. The van der Waals surface area contributed by atoms with E-state index in [9.17, 15) is 14.4 Å². The summed E-state index contributed by atoms with van der Waals surface area (Å²) in [5.74, 6) is -0.410. The summed E-state index contributed by atoms with van der Waals surface area (Å²) in [4.78, 5) is 40.0. The lowest BCUT2D eigenvalue weighted by atomic mass is 9.86. The van der Waals surface area contributed by atoms with Crippen LogP contribution in [0.1, 0.15) is 55.5 Å². The zero-order chi connectivity index (χ0) is 23.7. The Morgan fingerprint density at radius 3 is 2.33 bits per heavy atom. The summed E-state index contributed by atoms with van der Waals surface area (Å²) < 4.78 is 10.5. The maximum atomic E-state index is 13.4. The Morgan fingerprint density at radius 1 is 1.06 bits per heavy atom. The molecule has 9 heteroatoms. The van der Waals surface area contributed by atoms with E-state index in [0.717, 1.165) is 5.56 Å². The summed E-state index contributed by atoms with van der Waals surface area (Å²) in [5.41, 5.74) is 0.561. The largest absolute Gasteiger partial charge is 0.450 e. The van der Waals surface area contributed by atoms with Crippen molar-refractivity contribution in [3.63, 3.8) is 0 Å². The van der Waals surface area contributed by atoms with Crippen LogP contribution in [0.25, 0.3) is 0 Å². The van der Waals surface area contributed by atoms with Crippen molar-refractivity contribution in [2.45, 2.75) is 57.7 Å². The summed E-state index contributed by atoms with van der Waals surface area (Å²) in [7, 11) is 0. The molecule has 0 radical (unpaired) electrons. The number of ether oxygens (including phenoxy) is 2. The molecule has 2 aliphatic heterocycles. The van der Waals surface area contributed by atoms with Crippen molar-refractivity contribution in [2.24, 2.45) is 0 Å². The molecule has 0 aromatic heterocycles. The molecule has 0 saturated carbocycles. The average Bonchev–Trinajstić information content (AvgIpc) is 2.84. The Hall–Kier alpha value is -2.65. The molecule has 9 nitrogen and oxygen atoms in total. The summed E-state index contributed by atoms with van der Waals surface area (Å²) in [5, 5.41) is 9.44. The molecule has 0 aliphatic carbocycles. The molecule has 0 spiro atoms. The second-order valence-electron chi connectivity index (χ2n) is 8.55. The van der Waals surface area contributed by atoms with Crippen molar-refractivity contribution in [3.8, 4) is 0 Å². The van der Waals surface area contributed by atoms with Crippen LogP contribution in [-0.4, -0.2) is 73.8 Å². The van der Waals surface area contributed by atoms with Gasteiger partial charge in [0.15, 0.2) is 0 Å². The normalized spacial score (nSPS) is 18.4. The van der Waals surface area contributed by atoms with Gasteiger partial charge in [0.1, 0.15) is 5.54 Å². The topological polar surface area (TPSA) is 109 Å². The molecule has 1 aromatic rings. The lowest BCUT2D eigenvalue weighted by Crippen LogP contribution is -2.64. The number of hydrogen-bond donors (Lipinski definition) is 3. The SMILES string of the molecule is CCOCc1ccc(C(=O)NC2(C(=O)NC3CCN(C(=O)OCC)CC3)CCNCC2)cc1. The predicted octanol–water partition coefficient (Wildman–Crippen LogP) is 1.81. The summed E-state index contributed by atoms with van der Waals surface area (Å²) in [6.07, 6.45) is 2.06. The van der Waals surface area contributed by atoms with Crippen LogP contribution >= 0.6 is 0 Å². The summed E-state index contributed by atoms with van der Waals surface area (Å²) >= 11 is 0. The van der Waals surface area contributed by atoms with Gasteiger partial charge in [0, 0.05) is 31.3 Å². The van der Waals surface area contributed by atoms with Gasteiger partial charge in [-0.25, -0.2) is 4.79 Å². The second kappa shape index (κ2) is 12.0. The minimum absolute atomic E-state index is 0.0373. The van der Waals surface area contributed by atoms with Gasteiger partial charge in [0.25, 0.3) is 5.91 Å². The van der Waals surface area contributed by atoms with Gasteiger partial charge in [-0.15, -0.1) is 0 Å². The highest BCUT2D eigenvalue weighted by Crippen LogP contribution is 2.22. The third kappa shape index (κ3) is 6.68. The first-order valence-corrected chi connectivity index (χ1v) is 11.9. The van der Waals surface area contributed by atoms with E-state index < -0.39 is 5.54 Å². The first-order chi connectivity index (χ1) is 16.0. The number of piperidine rings is 2. The van der Waals surface area contributed by atoms with Gasteiger partial charge in [0.05, 0.1) is 13.2 Å². The van der Waals surface area contributed by atoms with Gasteiger partial charge >= 0.3 is 6.09 Å². The van der Waals surface area contributed by atoms with E-state index in [-0.39, 0.29) is 23.9 Å². The molecule has 2 heterocycles. The Labute approximate surface area is 195 Å². The van der Waals surface area contributed by atoms with E-state index in [1.54, 1.807) is 24.0 Å². The number of benzene rings is 1. The van der Waals surface area contributed by atoms with Crippen LogP contribution in [0.5, 0.6) is 0 Å². The van der Waals surface area contributed by atoms with Crippen LogP contribution in [0.2, 0.25) is 0 Å². The number of hydrogen-bond acceptors (Lipinski definition) is 6. The molecule has 33 heavy (non-hydrogen) atoms. The molecule has 2 saturated heterocycles. The van der Waals surface area contributed by atoms with E-state index in [0.29, 0.717) is 77.2 Å². The van der Waals surface area contributed by atoms with Crippen molar-refractivity contribution in [2.75, 3.05) is 39.4 Å². The monoisotopic (exact) mass is 460 g/mol. The number of carbonyl (C=O) groups excluding carboxylic acids is 3. The van der Waals surface area contributed by atoms with Crippen molar-refractivity contribution in [3.05, 3.63) is 35.4 Å². The average molecular weight is 461 g/mol. The second-order valence-corrected chi connectivity index (χ2v) is 8.55. The fourth-order valence-electron chi connectivity index (χ4n) is 4.27. The molecular weight excluding hydrogens is 424 g/mol. The van der Waals surface area contributed by atoms with Gasteiger partial charge in [0.2, 0.25) is 5.91 Å². The molecular formula is C24H36N4O5. The smallest absolute Gasteiger partial charge is 0.409 e. The van der Waals surface area contributed by atoms with Crippen molar-refractivity contribution < 1.29 is 23.9 Å². The van der Waals surface area contributed by atoms with Gasteiger partial charge < -0.3 is 30.3 Å². The van der Waals surface area contributed by atoms with Crippen LogP contribution in [0.15, 0.2) is 24.3 Å². The Kier molecular flexibility index (Phi) is 9.08. The summed E-state index contributed by atoms with van der Waals surface area (Å²) in [6.45, 7) is 7.60. The van der Waals surface area contributed by atoms with E-state index in [2.05, 4.69) is 16.0 Å². The molecule has 2 aliphatic rings. The van der Waals surface area contributed by atoms with Crippen LogP contribution < -0.4 is 16.0 Å². The molecule has 0 atom stereocenters. The van der Waals surface area contributed by atoms with Crippen molar-refractivity contribution in [1.82, 2.24) is 20.9 Å². The molecule has 182 valence electrons. The van der Waals surface area contributed by atoms with E-state index >= 15 is 0 Å². The fourth-order valence-corrected chi connectivity index (χ4v) is 4.27. The quantitative estimate of drug-likeness (QED) is 0.546. The fraction of sp³-hybridized carbons (Fsp3) is 0.625. The van der Waals surface area contributed by atoms with Crippen LogP contribution in [-0.2, 0) is 20.9 Å². The number of likely N-dealkylation sites (tertiary alicyclic amines) is 1. The predicted molar refractivity (Wildman–Crippen MR) is 124 cm³/mol. The van der Waals surface area contributed by atoms with E-state index in [4.69, 9.17) is 9.47 Å². The molecule has 0 bridgehead atoms. The first kappa shape index (κ1) is 25.0. The number of nitrogens with zero attached hydrogens (tertiary/aromatic N) is 1. The third-order valence-electron chi connectivity index (χ3n) is 6.29. The van der Waals surface area contributed by atoms with Crippen LogP contribution in [0, 0.1) is 0 Å². The molecule has 3 N–H and O–H groups in total. The number of carbonyl (C=O) groups is 3. The molecule has 3 amide bonds. The van der Waals surface area contributed by atoms with E-state index in [1.807, 2.05) is 19.1 Å². The van der Waals surface area contributed by atoms with Crippen LogP contribution in [0.4, 0.5) is 4.79 Å². The van der Waals surface area contributed by atoms with Gasteiger partial charge in [-0.05, 0) is 70.3 Å².